The third-order valence-corrected chi connectivity index (χ3v) is 13.2. The van der Waals surface area contributed by atoms with Crippen molar-refractivity contribution in [2.75, 3.05) is 7.11 Å². The molecule has 0 aromatic heterocycles. The smallest absolute Gasteiger partial charge is 0.305 e. The second-order valence-corrected chi connectivity index (χ2v) is 14.1. The molecule has 0 saturated heterocycles. The molecule has 5 nitrogen and oxygen atoms in total. The highest BCUT2D eigenvalue weighted by Crippen LogP contribution is 2.70. The summed E-state index contributed by atoms with van der Waals surface area (Å²) < 4.78 is 11.1. The lowest BCUT2D eigenvalue weighted by Crippen LogP contribution is -2.68. The lowest BCUT2D eigenvalue weighted by Gasteiger charge is -2.65. The predicted octanol–water partition coefficient (Wildman–Crippen LogP) is 6.25. The van der Waals surface area contributed by atoms with Crippen molar-refractivity contribution < 1.29 is 23.9 Å². The monoisotopic (exact) mass is 600 g/mol. The Hall–Kier alpha value is -0.660. The van der Waals surface area contributed by atoms with E-state index in [1.165, 1.54) is 20.5 Å². The van der Waals surface area contributed by atoms with E-state index in [2.05, 4.69) is 57.2 Å². The average molecular weight is 601 g/mol. The molecule has 4 rings (SSSR count). The molecule has 0 amide bonds. The zero-order chi connectivity index (χ0) is 25.9. The van der Waals surface area contributed by atoms with E-state index < -0.39 is 0 Å². The number of fused-ring (bicyclic) bond motifs is 5. The lowest BCUT2D eigenvalue weighted by atomic mass is 9.40. The first-order valence-electron chi connectivity index (χ1n) is 13.8. The van der Waals surface area contributed by atoms with Crippen LogP contribution in [0.5, 0.6) is 0 Å². The Kier molecular flexibility index (Phi) is 7.75. The number of hydrogen-bond acceptors (Lipinski definition) is 5. The third kappa shape index (κ3) is 4.20. The number of carbonyl (C=O) groups is 3. The summed E-state index contributed by atoms with van der Waals surface area (Å²) in [6.07, 6.45) is 6.59. The minimum atomic E-state index is -0.223. The summed E-state index contributed by atoms with van der Waals surface area (Å²) in [6.45, 7) is 12.9. The van der Waals surface area contributed by atoms with E-state index in [9.17, 15) is 14.4 Å². The minimum absolute atomic E-state index is 0.0357. The van der Waals surface area contributed by atoms with Crippen molar-refractivity contribution in [2.24, 2.45) is 58.2 Å². The Labute approximate surface area is 225 Å². The normalized spacial score (nSPS) is 47.8. The largest absolute Gasteiger partial charge is 0.469 e. The van der Waals surface area contributed by atoms with E-state index >= 15 is 0 Å². The number of ether oxygens (including phenoxy) is 2. The quantitative estimate of drug-likeness (QED) is 0.212. The molecule has 0 N–H and O–H groups in total. The highest BCUT2D eigenvalue weighted by Gasteiger charge is 2.70. The van der Waals surface area contributed by atoms with Gasteiger partial charge in [-0.2, -0.15) is 0 Å². The second-order valence-electron chi connectivity index (χ2n) is 12.9. The van der Waals surface area contributed by atoms with Gasteiger partial charge in [-0.25, -0.2) is 0 Å². The van der Waals surface area contributed by atoms with Gasteiger partial charge in [0.1, 0.15) is 11.9 Å². The molecule has 0 aliphatic heterocycles. The standard InChI is InChI=1S/C29H45IO5/c1-8-18-21-13-15(2)11-12-28(21,5)24-23(26(18)35-17(4)31)20-10-9-19(16(3)14-22(32)34-7)29(20,6)27(30)25(24)33/h15-16,18-21,23-24,26-27H,8-14H2,1-7H3/t15-,16-,18-,19-,20?,21+,23?,24?,26-,27+,28+,29-/m1/s1. The predicted molar refractivity (Wildman–Crippen MR) is 144 cm³/mol. The van der Waals surface area contributed by atoms with E-state index in [-0.39, 0.29) is 56.5 Å². The van der Waals surface area contributed by atoms with Crippen LogP contribution in [0.1, 0.15) is 86.5 Å². The summed E-state index contributed by atoms with van der Waals surface area (Å²) >= 11 is 2.45. The molecule has 3 unspecified atom stereocenters. The number of carbonyl (C=O) groups excluding carboxylic acids is 3. The van der Waals surface area contributed by atoms with Crippen molar-refractivity contribution in [1.29, 1.82) is 0 Å². The van der Waals surface area contributed by atoms with Gasteiger partial charge in [0, 0.05) is 25.2 Å². The van der Waals surface area contributed by atoms with Crippen LogP contribution in [0.4, 0.5) is 0 Å². The first-order chi connectivity index (χ1) is 16.4. The van der Waals surface area contributed by atoms with E-state index in [0.717, 1.165) is 32.1 Å². The van der Waals surface area contributed by atoms with Crippen LogP contribution in [0.25, 0.3) is 0 Å². The van der Waals surface area contributed by atoms with Gasteiger partial charge in [-0.1, -0.05) is 63.6 Å². The SMILES string of the molecule is CC[C@H]1[C@@H](OC(C)=O)C2C3CC[C@H]([C@H](C)CC(=O)OC)[C@@]3(C)[C@@H](I)C(=O)C2[C@@]2(C)CC[C@@H](C)C[C@@H]12. The fraction of sp³-hybridized carbons (Fsp3) is 0.897. The van der Waals surface area contributed by atoms with Crippen LogP contribution in [0.3, 0.4) is 0 Å². The van der Waals surface area contributed by atoms with E-state index in [0.29, 0.717) is 35.9 Å². The number of hydrogen-bond donors (Lipinski definition) is 0. The maximum atomic E-state index is 14.5. The van der Waals surface area contributed by atoms with Crippen LogP contribution >= 0.6 is 22.6 Å². The molecule has 4 saturated carbocycles. The Morgan fingerprint density at radius 2 is 1.86 bits per heavy atom. The molecular formula is C29H45IO5. The molecule has 12 atom stereocenters. The highest BCUT2D eigenvalue weighted by atomic mass is 127. The minimum Gasteiger partial charge on any atom is -0.469 e. The van der Waals surface area contributed by atoms with Gasteiger partial charge in [0.05, 0.1) is 11.0 Å². The summed E-state index contributed by atoms with van der Waals surface area (Å²) in [5, 5.41) is 0. The van der Waals surface area contributed by atoms with Gasteiger partial charge < -0.3 is 9.47 Å². The molecule has 0 aromatic rings. The second kappa shape index (κ2) is 9.90. The number of esters is 2. The van der Waals surface area contributed by atoms with Crippen LogP contribution in [0, 0.1) is 58.2 Å². The van der Waals surface area contributed by atoms with E-state index in [1.807, 2.05) is 0 Å². The molecule has 0 heterocycles. The Bertz CT molecular complexity index is 858. The van der Waals surface area contributed by atoms with Crippen molar-refractivity contribution in [1.82, 2.24) is 0 Å². The summed E-state index contributed by atoms with van der Waals surface area (Å²) in [6, 6.07) is 0. The topological polar surface area (TPSA) is 69.7 Å². The maximum absolute atomic E-state index is 14.5. The van der Waals surface area contributed by atoms with Crippen molar-refractivity contribution in [2.45, 2.75) is 96.5 Å². The number of Topliss-reactive ketones (excluding diaryl/α,β-unsaturated/α-hetero) is 1. The van der Waals surface area contributed by atoms with Gasteiger partial charge in [-0.3, -0.25) is 14.4 Å². The lowest BCUT2D eigenvalue weighted by molar-refractivity contribution is -0.209. The van der Waals surface area contributed by atoms with Crippen molar-refractivity contribution in [3.05, 3.63) is 0 Å². The molecular weight excluding hydrogens is 555 g/mol. The van der Waals surface area contributed by atoms with Crippen LogP contribution in [-0.4, -0.2) is 34.9 Å². The Morgan fingerprint density at radius 3 is 2.46 bits per heavy atom. The Balaban J connectivity index is 1.80. The van der Waals surface area contributed by atoms with Gasteiger partial charge in [0.25, 0.3) is 0 Å². The first-order valence-corrected chi connectivity index (χ1v) is 15.1. The molecule has 198 valence electrons. The summed E-state index contributed by atoms with van der Waals surface area (Å²) in [7, 11) is 1.45. The van der Waals surface area contributed by atoms with Gasteiger partial charge in [-0.05, 0) is 78.4 Å². The van der Waals surface area contributed by atoms with Gasteiger partial charge in [0.15, 0.2) is 0 Å². The van der Waals surface area contributed by atoms with Crippen molar-refractivity contribution in [3.63, 3.8) is 0 Å². The number of halogens is 1. The summed E-state index contributed by atoms with van der Waals surface area (Å²) in [5.74, 6) is 2.07. The van der Waals surface area contributed by atoms with Crippen LogP contribution < -0.4 is 0 Å². The molecule has 0 aromatic carbocycles. The molecule has 4 aliphatic carbocycles. The zero-order valence-electron chi connectivity index (χ0n) is 22.6. The van der Waals surface area contributed by atoms with E-state index in [4.69, 9.17) is 9.47 Å². The summed E-state index contributed by atoms with van der Waals surface area (Å²) in [5.41, 5.74) is -0.250. The molecule has 4 fully saturated rings. The van der Waals surface area contributed by atoms with Crippen LogP contribution in [-0.2, 0) is 23.9 Å². The molecule has 35 heavy (non-hydrogen) atoms. The number of rotatable bonds is 5. The molecule has 0 spiro atoms. The fourth-order valence-corrected chi connectivity index (χ4v) is 11.0. The molecule has 0 radical (unpaired) electrons. The van der Waals surface area contributed by atoms with Gasteiger partial charge in [0.2, 0.25) is 0 Å². The number of ketones is 1. The molecule has 0 bridgehead atoms. The molecule has 6 heteroatoms. The van der Waals surface area contributed by atoms with Crippen molar-refractivity contribution in [3.8, 4) is 0 Å². The maximum Gasteiger partial charge on any atom is 0.305 e. The first kappa shape index (κ1) is 27.4. The molecule has 4 aliphatic rings. The van der Waals surface area contributed by atoms with Crippen molar-refractivity contribution >= 4 is 40.3 Å². The zero-order valence-corrected chi connectivity index (χ0v) is 24.8. The van der Waals surface area contributed by atoms with Gasteiger partial charge in [-0.15, -0.1) is 0 Å². The average Bonchev–Trinajstić information content (AvgIpc) is 3.16. The fourth-order valence-electron chi connectivity index (χ4n) is 9.70. The third-order valence-electron chi connectivity index (χ3n) is 11.2. The summed E-state index contributed by atoms with van der Waals surface area (Å²) in [4.78, 5) is 39.1. The van der Waals surface area contributed by atoms with Crippen LogP contribution in [0.2, 0.25) is 0 Å². The number of methoxy groups -OCH3 is 1. The van der Waals surface area contributed by atoms with E-state index in [1.54, 1.807) is 0 Å². The Morgan fingerprint density at radius 1 is 1.17 bits per heavy atom. The number of alkyl halides is 1. The highest BCUT2D eigenvalue weighted by molar-refractivity contribution is 14.1. The van der Waals surface area contributed by atoms with Gasteiger partial charge >= 0.3 is 11.9 Å². The van der Waals surface area contributed by atoms with Crippen LogP contribution in [0.15, 0.2) is 0 Å².